The number of nitrogen functional groups attached to an aromatic ring is 1. The van der Waals surface area contributed by atoms with Crippen molar-refractivity contribution >= 4 is 50.5 Å². The fraction of sp³-hybridized carbons (Fsp3) is 0.368. The number of rotatable bonds is 15. The number of hydrogen-bond donors (Lipinski definition) is 3. The van der Waals surface area contributed by atoms with Gasteiger partial charge in [-0.25, -0.2) is 13.2 Å². The number of ether oxygens (including phenoxy) is 1. The third-order valence-electron chi connectivity index (χ3n) is 8.72. The Bertz CT molecular complexity index is 1920. The van der Waals surface area contributed by atoms with Crippen LogP contribution in [-0.2, 0) is 19.6 Å². The molecule has 286 valence electrons. The molecule has 4 N–H and O–H groups in total. The van der Waals surface area contributed by atoms with Gasteiger partial charge in [-0.15, -0.1) is 11.3 Å². The van der Waals surface area contributed by atoms with Gasteiger partial charge in [0.1, 0.15) is 10.9 Å². The number of aliphatic hydroxyl groups excluding tert-OH is 1. The zero-order valence-corrected chi connectivity index (χ0v) is 32.0. The maximum absolute atomic E-state index is 15.0. The van der Waals surface area contributed by atoms with Gasteiger partial charge in [0.15, 0.2) is 5.78 Å². The highest BCUT2D eigenvalue weighted by Crippen LogP contribution is 2.44. The van der Waals surface area contributed by atoms with Crippen LogP contribution >= 0.6 is 22.9 Å². The second-order valence-electron chi connectivity index (χ2n) is 13.7. The quantitative estimate of drug-likeness (QED) is 0.103. The van der Waals surface area contributed by atoms with E-state index in [1.54, 1.807) is 60.7 Å². The predicted molar refractivity (Wildman–Crippen MR) is 200 cm³/mol. The van der Waals surface area contributed by atoms with Crippen LogP contribution in [0.4, 0.5) is 23.7 Å². The normalized spacial score (nSPS) is 14.2. The van der Waals surface area contributed by atoms with Crippen molar-refractivity contribution < 1.29 is 41.0 Å². The zero-order valence-electron chi connectivity index (χ0n) is 29.6. The van der Waals surface area contributed by atoms with E-state index in [0.717, 1.165) is 11.4 Å². The number of sulfonamides is 1. The number of Topliss-reactive ketones (excluding diaryl/α,β-unsaturated/α-hetero) is 1. The highest BCUT2D eigenvalue weighted by molar-refractivity contribution is 7.89. The summed E-state index contributed by atoms with van der Waals surface area (Å²) in [7, 11) is -3.32. The van der Waals surface area contributed by atoms with E-state index < -0.39 is 65.0 Å². The van der Waals surface area contributed by atoms with Crippen LogP contribution in [0, 0.1) is 5.41 Å². The number of carbonyl (C=O) groups is 2. The van der Waals surface area contributed by atoms with Gasteiger partial charge in [-0.05, 0) is 53.3 Å². The fourth-order valence-electron chi connectivity index (χ4n) is 5.94. The fourth-order valence-corrected chi connectivity index (χ4v) is 9.37. The molecular formula is C38H43ClF3N3O6S2. The maximum Gasteiger partial charge on any atom is 0.407 e. The van der Waals surface area contributed by atoms with Gasteiger partial charge in [0.25, 0.3) is 0 Å². The Morgan fingerprint density at radius 2 is 1.51 bits per heavy atom. The first-order valence-electron chi connectivity index (χ1n) is 16.7. The number of thiophene rings is 1. The molecule has 1 heterocycles. The van der Waals surface area contributed by atoms with Gasteiger partial charge >= 0.3 is 12.3 Å². The largest absolute Gasteiger partial charge is 0.453 e. The summed E-state index contributed by atoms with van der Waals surface area (Å²) in [5.41, 5.74) is 6.83. The number of nitrogens with one attached hydrogen (secondary N) is 1. The lowest BCUT2D eigenvalue weighted by atomic mass is 9.81. The number of carbonyl (C=O) groups excluding carboxylic acids is 2. The van der Waals surface area contributed by atoms with Crippen molar-refractivity contribution in [2.75, 3.05) is 26.0 Å². The van der Waals surface area contributed by atoms with Crippen molar-refractivity contribution in [3.05, 3.63) is 117 Å². The first-order valence-corrected chi connectivity index (χ1v) is 19.3. The van der Waals surface area contributed by atoms with Crippen molar-refractivity contribution in [2.45, 2.75) is 68.6 Å². The summed E-state index contributed by atoms with van der Waals surface area (Å²) in [5, 5.41) is 13.0. The van der Waals surface area contributed by atoms with Gasteiger partial charge in [-0.3, -0.25) is 4.79 Å². The monoisotopic (exact) mass is 793 g/mol. The number of nitrogens with zero attached hydrogens (tertiary/aromatic N) is 1. The van der Waals surface area contributed by atoms with Gasteiger partial charge in [-0.2, -0.15) is 17.5 Å². The first kappa shape index (κ1) is 41.8. The number of amides is 1. The number of nitrogens with two attached hydrogens (primary N) is 1. The Kier molecular flexibility index (Phi) is 13.8. The number of methoxy groups -OCH3 is 1. The van der Waals surface area contributed by atoms with Gasteiger partial charge in [0.05, 0.1) is 30.7 Å². The van der Waals surface area contributed by atoms with Gasteiger partial charge in [0.2, 0.25) is 10.0 Å². The number of halogens is 4. The molecule has 1 aromatic heterocycles. The zero-order chi connectivity index (χ0) is 39.1. The molecule has 0 aliphatic heterocycles. The van der Waals surface area contributed by atoms with E-state index in [4.69, 9.17) is 22.1 Å². The van der Waals surface area contributed by atoms with Crippen LogP contribution in [0.15, 0.2) is 95.9 Å². The highest BCUT2D eigenvalue weighted by atomic mass is 35.5. The maximum atomic E-state index is 15.0. The summed E-state index contributed by atoms with van der Waals surface area (Å²) in [6.07, 6.45) is -6.63. The molecule has 0 fully saturated rings. The van der Waals surface area contributed by atoms with Crippen molar-refractivity contribution in [3.63, 3.8) is 0 Å². The summed E-state index contributed by atoms with van der Waals surface area (Å²) in [4.78, 5) is 26.3. The molecular weight excluding hydrogens is 751 g/mol. The number of benzene rings is 3. The van der Waals surface area contributed by atoms with Crippen LogP contribution in [0.3, 0.4) is 0 Å². The van der Waals surface area contributed by atoms with Crippen LogP contribution in [0.25, 0.3) is 0 Å². The Labute approximate surface area is 317 Å². The van der Waals surface area contributed by atoms with E-state index in [1.807, 2.05) is 20.8 Å². The second-order valence-corrected chi connectivity index (χ2v) is 17.1. The molecule has 0 spiro atoms. The Hall–Kier alpha value is -3.95. The first-order chi connectivity index (χ1) is 24.9. The van der Waals surface area contributed by atoms with E-state index in [1.165, 1.54) is 30.3 Å². The third-order valence-corrected chi connectivity index (χ3v) is 12.4. The van der Waals surface area contributed by atoms with Crippen molar-refractivity contribution in [2.24, 2.45) is 5.41 Å². The molecule has 3 aromatic carbocycles. The van der Waals surface area contributed by atoms with Crippen LogP contribution in [0.2, 0.25) is 5.02 Å². The number of hydrogen-bond acceptors (Lipinski definition) is 8. The Balaban J connectivity index is 1.76. The topological polar surface area (TPSA) is 139 Å². The molecule has 0 saturated carbocycles. The van der Waals surface area contributed by atoms with E-state index in [9.17, 15) is 36.3 Å². The van der Waals surface area contributed by atoms with E-state index in [2.05, 4.69) is 5.32 Å². The van der Waals surface area contributed by atoms with Crippen LogP contribution in [0.1, 0.15) is 72.4 Å². The second kappa shape index (κ2) is 17.5. The molecule has 15 heteroatoms. The minimum absolute atomic E-state index is 0.0899. The Morgan fingerprint density at radius 1 is 0.943 bits per heavy atom. The third kappa shape index (κ3) is 10.6. The van der Waals surface area contributed by atoms with Gasteiger partial charge in [-0.1, -0.05) is 93.0 Å². The van der Waals surface area contributed by atoms with Crippen LogP contribution in [0.5, 0.6) is 0 Å². The van der Waals surface area contributed by atoms with E-state index in [0.29, 0.717) is 28.9 Å². The molecule has 1 amide bonds. The molecule has 0 radical (unpaired) electrons. The summed E-state index contributed by atoms with van der Waals surface area (Å²) < 4.78 is 78.9. The summed E-state index contributed by atoms with van der Waals surface area (Å²) >= 11 is 6.97. The van der Waals surface area contributed by atoms with Gasteiger partial charge < -0.3 is 20.9 Å². The molecule has 0 unspecified atom stereocenters. The van der Waals surface area contributed by atoms with Crippen LogP contribution in [-0.4, -0.2) is 62.2 Å². The highest BCUT2D eigenvalue weighted by Gasteiger charge is 2.46. The van der Waals surface area contributed by atoms with Crippen molar-refractivity contribution in [1.82, 2.24) is 9.62 Å². The number of aliphatic hydroxyl groups is 1. The average Bonchev–Trinajstić information content (AvgIpc) is 3.57. The molecule has 53 heavy (non-hydrogen) atoms. The van der Waals surface area contributed by atoms with Crippen LogP contribution < -0.4 is 11.1 Å². The lowest BCUT2D eigenvalue weighted by molar-refractivity contribution is -0.156. The summed E-state index contributed by atoms with van der Waals surface area (Å²) in [5.74, 6) is -4.10. The van der Waals surface area contributed by atoms with Gasteiger partial charge in [0, 0.05) is 34.3 Å². The molecule has 0 saturated heterocycles. The predicted octanol–water partition coefficient (Wildman–Crippen LogP) is 8.31. The number of ketones is 1. The number of anilines is 1. The average molecular weight is 794 g/mol. The lowest BCUT2D eigenvalue weighted by Crippen LogP contribution is -2.46. The summed E-state index contributed by atoms with van der Waals surface area (Å²) in [6, 6.07) is 20.9. The van der Waals surface area contributed by atoms with Crippen molar-refractivity contribution in [3.8, 4) is 0 Å². The number of alkyl halides is 3. The van der Waals surface area contributed by atoms with Crippen molar-refractivity contribution in [1.29, 1.82) is 0 Å². The molecule has 0 bridgehead atoms. The summed E-state index contributed by atoms with van der Waals surface area (Å²) in [6.45, 7) is 4.86. The molecule has 4 rings (SSSR count). The minimum atomic E-state index is -4.92. The molecule has 0 aliphatic rings. The number of alkyl carbamates (subject to hydrolysis) is 1. The molecule has 3 atom stereocenters. The Morgan fingerprint density at radius 3 is 2.00 bits per heavy atom. The standard InChI is InChI=1S/C38H43ClF3N3O6S2/c1-37(2,3)19-20-45(53(49,50)33-18-15-26(43)21-28(33)39)29(23-46)32-17-16-31(52-32)27(38(40,41)42)22-30(47)35(44-36(48)51-4)34(24-11-7-5-8-12-24)25-13-9-6-10-14-25/h5-18,21,27,29,34-35,46H,19-20,22-23,43H2,1-4H3,(H,44,48)/t27-,29-,35-/m1/s1. The smallest absolute Gasteiger partial charge is 0.407 e. The van der Waals surface area contributed by atoms with E-state index >= 15 is 0 Å². The van der Waals surface area contributed by atoms with E-state index in [-0.39, 0.29) is 37.3 Å². The lowest BCUT2D eigenvalue weighted by Gasteiger charge is -2.32. The minimum Gasteiger partial charge on any atom is -0.453 e. The SMILES string of the molecule is COC(=O)N[C@H](C(=O)C[C@H](c1ccc([C@@H](CO)N(CCC(C)(C)C)S(=O)(=O)c2ccc(N)cc2Cl)s1)C(F)(F)F)C(c1ccccc1)c1ccccc1. The molecule has 0 aliphatic carbocycles. The molecule has 9 nitrogen and oxygen atoms in total. The molecule has 4 aromatic rings.